The van der Waals surface area contributed by atoms with Gasteiger partial charge in [-0.3, -0.25) is 9.78 Å². The van der Waals surface area contributed by atoms with Gasteiger partial charge in [-0.25, -0.2) is 0 Å². The second-order valence-corrected chi connectivity index (χ2v) is 4.73. The Balaban J connectivity index is 2.24. The first-order chi connectivity index (χ1) is 9.74. The third-order valence-corrected chi connectivity index (χ3v) is 3.24. The highest BCUT2D eigenvalue weighted by molar-refractivity contribution is 5.82. The molecule has 0 unspecified atom stereocenters. The predicted octanol–water partition coefficient (Wildman–Crippen LogP) is 3.41. The van der Waals surface area contributed by atoms with E-state index < -0.39 is 0 Å². The van der Waals surface area contributed by atoms with Crippen LogP contribution in [0.15, 0.2) is 65.8 Å². The Morgan fingerprint density at radius 1 is 0.950 bits per heavy atom. The van der Waals surface area contributed by atoms with Crippen molar-refractivity contribution >= 4 is 0 Å². The second-order valence-electron chi connectivity index (χ2n) is 4.73. The number of H-pyrrole nitrogens is 1. The molecular weight excluding hydrogens is 248 g/mol. The van der Waals surface area contributed by atoms with Crippen LogP contribution in [0.4, 0.5) is 0 Å². The van der Waals surface area contributed by atoms with Crippen molar-refractivity contribution < 1.29 is 0 Å². The molecule has 0 radical (unpaired) electrons. The molecule has 0 amide bonds. The van der Waals surface area contributed by atoms with Gasteiger partial charge >= 0.3 is 0 Å². The Morgan fingerprint density at radius 2 is 1.75 bits per heavy atom. The molecule has 0 aliphatic rings. The Kier molecular flexibility index (Phi) is 3.17. The largest absolute Gasteiger partial charge is 0.328 e. The fourth-order valence-corrected chi connectivity index (χ4v) is 2.29. The first-order valence-electron chi connectivity index (χ1n) is 6.44. The van der Waals surface area contributed by atoms with Gasteiger partial charge in [0.15, 0.2) is 0 Å². The monoisotopic (exact) mass is 262 g/mol. The van der Waals surface area contributed by atoms with E-state index >= 15 is 0 Å². The lowest BCUT2D eigenvalue weighted by Crippen LogP contribution is -2.04. The lowest BCUT2D eigenvalue weighted by atomic mass is 9.96. The van der Waals surface area contributed by atoms with Crippen molar-refractivity contribution in [2.75, 3.05) is 0 Å². The molecule has 0 bridgehead atoms. The summed E-state index contributed by atoms with van der Waals surface area (Å²) in [5.41, 5.74) is 5.10. The molecule has 0 fully saturated rings. The van der Waals surface area contributed by atoms with Crippen LogP contribution in [0.1, 0.15) is 5.56 Å². The Hall–Kier alpha value is -2.68. The van der Waals surface area contributed by atoms with Crippen molar-refractivity contribution in [1.29, 1.82) is 0 Å². The molecule has 0 aliphatic carbocycles. The molecule has 3 nitrogen and oxygen atoms in total. The summed E-state index contributed by atoms with van der Waals surface area (Å²) in [6.07, 6.45) is 5.24. The van der Waals surface area contributed by atoms with Gasteiger partial charge < -0.3 is 4.98 Å². The van der Waals surface area contributed by atoms with Crippen LogP contribution in [0.25, 0.3) is 22.3 Å². The Bertz CT molecular complexity index is 791. The standard InChI is InChI=1S/C17H14N2O/c1-12-3-2-4-14(9-12)16-11-19-17(20)10-15(16)13-5-7-18-8-6-13/h2-11H,1H3,(H,19,20). The van der Waals surface area contributed by atoms with E-state index in [2.05, 4.69) is 29.0 Å². The number of aromatic nitrogens is 2. The molecule has 3 aromatic rings. The van der Waals surface area contributed by atoms with Crippen LogP contribution in [-0.4, -0.2) is 9.97 Å². The highest BCUT2D eigenvalue weighted by Gasteiger charge is 2.08. The maximum absolute atomic E-state index is 11.6. The quantitative estimate of drug-likeness (QED) is 0.769. The molecule has 0 saturated heterocycles. The van der Waals surface area contributed by atoms with Gasteiger partial charge in [0, 0.05) is 30.2 Å². The number of benzene rings is 1. The highest BCUT2D eigenvalue weighted by Crippen LogP contribution is 2.30. The van der Waals surface area contributed by atoms with Gasteiger partial charge in [0.2, 0.25) is 5.56 Å². The average Bonchev–Trinajstić information content (AvgIpc) is 2.48. The number of nitrogens with one attached hydrogen (secondary N) is 1. The fourth-order valence-electron chi connectivity index (χ4n) is 2.29. The summed E-state index contributed by atoms with van der Waals surface area (Å²) >= 11 is 0. The lowest BCUT2D eigenvalue weighted by molar-refractivity contribution is 1.24. The van der Waals surface area contributed by atoms with E-state index in [9.17, 15) is 4.79 Å². The van der Waals surface area contributed by atoms with Crippen molar-refractivity contribution in [2.24, 2.45) is 0 Å². The molecule has 2 aromatic heterocycles. The number of hydrogen-bond acceptors (Lipinski definition) is 2. The van der Waals surface area contributed by atoms with Gasteiger partial charge in [-0.2, -0.15) is 0 Å². The van der Waals surface area contributed by atoms with Gasteiger partial charge in [0.05, 0.1) is 0 Å². The molecule has 3 rings (SSSR count). The van der Waals surface area contributed by atoms with Crippen LogP contribution in [0, 0.1) is 6.92 Å². The van der Waals surface area contributed by atoms with Crippen LogP contribution in [0.3, 0.4) is 0 Å². The van der Waals surface area contributed by atoms with Gasteiger partial charge in [0.1, 0.15) is 0 Å². The first-order valence-corrected chi connectivity index (χ1v) is 6.44. The minimum atomic E-state index is -0.104. The molecule has 1 N–H and O–H groups in total. The minimum absolute atomic E-state index is 0.104. The third-order valence-electron chi connectivity index (χ3n) is 3.24. The molecule has 1 aromatic carbocycles. The van der Waals surface area contributed by atoms with E-state index in [-0.39, 0.29) is 5.56 Å². The van der Waals surface area contributed by atoms with Crippen molar-refractivity contribution in [3.63, 3.8) is 0 Å². The average molecular weight is 262 g/mol. The first kappa shape index (κ1) is 12.4. The Morgan fingerprint density at radius 3 is 2.50 bits per heavy atom. The topological polar surface area (TPSA) is 45.8 Å². The number of nitrogens with zero attached hydrogens (tertiary/aromatic N) is 1. The van der Waals surface area contributed by atoms with Crippen molar-refractivity contribution in [3.8, 4) is 22.3 Å². The number of hydrogen-bond donors (Lipinski definition) is 1. The predicted molar refractivity (Wildman–Crippen MR) is 80.5 cm³/mol. The molecule has 3 heteroatoms. The molecule has 0 aliphatic heterocycles. The number of pyridine rings is 2. The SMILES string of the molecule is Cc1cccc(-c2c[nH]c(=O)cc2-c2ccncc2)c1. The van der Waals surface area contributed by atoms with E-state index in [4.69, 9.17) is 0 Å². The van der Waals surface area contributed by atoms with Crippen LogP contribution in [-0.2, 0) is 0 Å². The van der Waals surface area contributed by atoms with E-state index in [0.29, 0.717) is 0 Å². The summed E-state index contributed by atoms with van der Waals surface area (Å²) in [6.45, 7) is 2.06. The molecule has 98 valence electrons. The van der Waals surface area contributed by atoms with Crippen LogP contribution in [0.2, 0.25) is 0 Å². The zero-order chi connectivity index (χ0) is 13.9. The number of aryl methyl sites for hydroxylation is 1. The van der Waals surface area contributed by atoms with Gasteiger partial charge in [0.25, 0.3) is 0 Å². The molecular formula is C17H14N2O. The minimum Gasteiger partial charge on any atom is -0.328 e. The summed E-state index contributed by atoms with van der Waals surface area (Å²) in [4.78, 5) is 18.4. The fraction of sp³-hybridized carbons (Fsp3) is 0.0588. The lowest BCUT2D eigenvalue weighted by Gasteiger charge is -2.10. The van der Waals surface area contributed by atoms with E-state index in [1.165, 1.54) is 5.56 Å². The van der Waals surface area contributed by atoms with Crippen molar-refractivity contribution in [1.82, 2.24) is 9.97 Å². The summed E-state index contributed by atoms with van der Waals surface area (Å²) in [7, 11) is 0. The van der Waals surface area contributed by atoms with Gasteiger partial charge in [-0.15, -0.1) is 0 Å². The second kappa shape index (κ2) is 5.13. The summed E-state index contributed by atoms with van der Waals surface area (Å²) < 4.78 is 0. The molecule has 2 heterocycles. The van der Waals surface area contributed by atoms with Crippen LogP contribution < -0.4 is 5.56 Å². The van der Waals surface area contributed by atoms with Gasteiger partial charge in [-0.1, -0.05) is 29.8 Å². The van der Waals surface area contributed by atoms with E-state index in [1.54, 1.807) is 24.7 Å². The zero-order valence-electron chi connectivity index (χ0n) is 11.1. The highest BCUT2D eigenvalue weighted by atomic mass is 16.1. The third kappa shape index (κ3) is 2.38. The molecule has 0 saturated carbocycles. The van der Waals surface area contributed by atoms with Crippen molar-refractivity contribution in [3.05, 3.63) is 77.0 Å². The van der Waals surface area contributed by atoms with Gasteiger partial charge in [-0.05, 0) is 35.7 Å². The van der Waals surface area contributed by atoms with E-state index in [0.717, 1.165) is 22.3 Å². The molecule has 0 spiro atoms. The maximum atomic E-state index is 11.6. The molecule has 0 atom stereocenters. The summed E-state index contributed by atoms with van der Waals surface area (Å²) in [6, 6.07) is 13.7. The number of rotatable bonds is 2. The smallest absolute Gasteiger partial charge is 0.248 e. The van der Waals surface area contributed by atoms with Crippen LogP contribution in [0.5, 0.6) is 0 Å². The Labute approximate surface area is 117 Å². The van der Waals surface area contributed by atoms with Crippen LogP contribution >= 0.6 is 0 Å². The molecule has 20 heavy (non-hydrogen) atoms. The summed E-state index contributed by atoms with van der Waals surface area (Å²) in [5.74, 6) is 0. The van der Waals surface area contributed by atoms with E-state index in [1.807, 2.05) is 24.3 Å². The summed E-state index contributed by atoms with van der Waals surface area (Å²) in [5, 5.41) is 0. The number of aromatic amines is 1. The normalized spacial score (nSPS) is 10.4. The maximum Gasteiger partial charge on any atom is 0.248 e. The van der Waals surface area contributed by atoms with Crippen molar-refractivity contribution in [2.45, 2.75) is 6.92 Å². The zero-order valence-corrected chi connectivity index (χ0v) is 11.1.